The van der Waals surface area contributed by atoms with Crippen molar-refractivity contribution >= 4 is 28.5 Å². The van der Waals surface area contributed by atoms with Gasteiger partial charge in [-0.25, -0.2) is 0 Å². The van der Waals surface area contributed by atoms with Gasteiger partial charge in [0.15, 0.2) is 0 Å². The molecule has 6 nitrogen and oxygen atoms in total. The smallest absolute Gasteiger partial charge is 0.253 e. The van der Waals surface area contributed by atoms with Gasteiger partial charge >= 0.3 is 0 Å². The maximum Gasteiger partial charge on any atom is 0.253 e. The van der Waals surface area contributed by atoms with Crippen LogP contribution in [-0.4, -0.2) is 52.0 Å². The highest BCUT2D eigenvalue weighted by atomic mass is 127. The quantitative estimate of drug-likeness (QED) is 0.522. The maximum absolute atomic E-state index is 12.7. The molecule has 2 aromatic carbocycles. The van der Waals surface area contributed by atoms with E-state index in [1.165, 1.54) is 0 Å². The number of piperazine rings is 1. The first kappa shape index (κ1) is 19.1. The van der Waals surface area contributed by atoms with E-state index in [2.05, 4.69) is 44.6 Å². The van der Waals surface area contributed by atoms with E-state index in [-0.39, 0.29) is 11.9 Å². The Morgan fingerprint density at radius 1 is 1.04 bits per heavy atom. The zero-order chi connectivity index (χ0) is 19.5. The molecule has 3 aromatic rings. The Bertz CT molecular complexity index is 935. The van der Waals surface area contributed by atoms with E-state index >= 15 is 0 Å². The van der Waals surface area contributed by atoms with Crippen LogP contribution in [0.5, 0.6) is 0 Å². The molecular weight excluding hydrogens is 467 g/mol. The summed E-state index contributed by atoms with van der Waals surface area (Å²) < 4.78 is 6.63. The number of hydrogen-bond donors (Lipinski definition) is 0. The Balaban J connectivity index is 1.38. The Labute approximate surface area is 177 Å². The van der Waals surface area contributed by atoms with Crippen molar-refractivity contribution in [3.8, 4) is 11.4 Å². The normalized spacial score (nSPS) is 16.1. The van der Waals surface area contributed by atoms with Crippen molar-refractivity contribution in [2.45, 2.75) is 13.0 Å². The van der Waals surface area contributed by atoms with Crippen LogP contribution < -0.4 is 0 Å². The Morgan fingerprint density at radius 3 is 2.39 bits per heavy atom. The van der Waals surface area contributed by atoms with Gasteiger partial charge in [-0.05, 0) is 53.8 Å². The Morgan fingerprint density at radius 2 is 1.71 bits per heavy atom. The van der Waals surface area contributed by atoms with Crippen molar-refractivity contribution in [1.29, 1.82) is 0 Å². The first-order valence-electron chi connectivity index (χ1n) is 9.30. The van der Waals surface area contributed by atoms with Gasteiger partial charge in [0.25, 0.3) is 5.91 Å². The summed E-state index contributed by atoms with van der Waals surface area (Å²) in [6.07, 6.45) is 0. The third kappa shape index (κ3) is 4.10. The van der Waals surface area contributed by atoms with E-state index in [4.69, 9.17) is 4.52 Å². The molecule has 1 aromatic heterocycles. The largest absolute Gasteiger partial charge is 0.337 e. The topological polar surface area (TPSA) is 62.5 Å². The van der Waals surface area contributed by atoms with Crippen LogP contribution in [0.1, 0.15) is 29.2 Å². The van der Waals surface area contributed by atoms with Gasteiger partial charge in [-0.2, -0.15) is 4.98 Å². The van der Waals surface area contributed by atoms with Crippen molar-refractivity contribution in [2.24, 2.45) is 0 Å². The molecule has 0 saturated carbocycles. The van der Waals surface area contributed by atoms with Crippen LogP contribution in [-0.2, 0) is 0 Å². The third-order valence-corrected chi connectivity index (χ3v) is 5.79. The standard InChI is InChI=1S/C21H21IN4O2/c1-15(20-23-19(24-28-20)16-5-3-2-4-6-16)25-11-13-26(14-12-25)21(27)17-7-9-18(22)10-8-17/h2-10,15H,11-14H2,1H3. The van der Waals surface area contributed by atoms with Gasteiger partial charge in [0.05, 0.1) is 6.04 Å². The first-order valence-corrected chi connectivity index (χ1v) is 10.4. The van der Waals surface area contributed by atoms with Crippen molar-refractivity contribution < 1.29 is 9.32 Å². The van der Waals surface area contributed by atoms with Crippen LogP contribution in [0.4, 0.5) is 0 Å². The molecule has 0 N–H and O–H groups in total. The number of aromatic nitrogens is 2. The second-order valence-corrected chi connectivity index (χ2v) is 8.08. The molecule has 0 spiro atoms. The fraction of sp³-hybridized carbons (Fsp3) is 0.286. The number of carbonyl (C=O) groups is 1. The molecule has 1 aliphatic heterocycles. The van der Waals surface area contributed by atoms with Crippen molar-refractivity contribution in [3.05, 3.63) is 69.6 Å². The van der Waals surface area contributed by atoms with Gasteiger partial charge < -0.3 is 9.42 Å². The lowest BCUT2D eigenvalue weighted by Crippen LogP contribution is -2.49. The van der Waals surface area contributed by atoms with Crippen LogP contribution in [0.2, 0.25) is 0 Å². The summed E-state index contributed by atoms with van der Waals surface area (Å²) in [6, 6.07) is 17.5. The van der Waals surface area contributed by atoms with Crippen LogP contribution in [0.3, 0.4) is 0 Å². The fourth-order valence-corrected chi connectivity index (χ4v) is 3.71. The van der Waals surface area contributed by atoms with Gasteiger partial charge in [-0.3, -0.25) is 9.69 Å². The van der Waals surface area contributed by atoms with E-state index in [1.54, 1.807) is 0 Å². The Hall–Kier alpha value is -2.26. The summed E-state index contributed by atoms with van der Waals surface area (Å²) in [5, 5.41) is 4.11. The molecule has 4 rings (SSSR count). The third-order valence-electron chi connectivity index (χ3n) is 5.07. The summed E-state index contributed by atoms with van der Waals surface area (Å²) in [4.78, 5) is 21.4. The zero-order valence-corrected chi connectivity index (χ0v) is 17.7. The van der Waals surface area contributed by atoms with E-state index in [0.29, 0.717) is 24.8 Å². The molecule has 1 aliphatic rings. The molecule has 1 atom stereocenters. The first-order chi connectivity index (χ1) is 13.6. The minimum atomic E-state index is 0.0144. The predicted molar refractivity (Wildman–Crippen MR) is 115 cm³/mol. The van der Waals surface area contributed by atoms with Crippen LogP contribution in [0, 0.1) is 3.57 Å². The average Bonchev–Trinajstić information content (AvgIpc) is 3.24. The second-order valence-electron chi connectivity index (χ2n) is 6.83. The highest BCUT2D eigenvalue weighted by Gasteiger charge is 2.28. The van der Waals surface area contributed by atoms with Crippen molar-refractivity contribution in [3.63, 3.8) is 0 Å². The minimum Gasteiger partial charge on any atom is -0.337 e. The van der Waals surface area contributed by atoms with Crippen molar-refractivity contribution in [1.82, 2.24) is 19.9 Å². The van der Waals surface area contributed by atoms with E-state index in [0.717, 1.165) is 27.8 Å². The van der Waals surface area contributed by atoms with Crippen LogP contribution >= 0.6 is 22.6 Å². The molecule has 0 bridgehead atoms. The van der Waals surface area contributed by atoms with E-state index in [1.807, 2.05) is 59.5 Å². The molecule has 2 heterocycles. The summed E-state index contributed by atoms with van der Waals surface area (Å²) in [7, 11) is 0. The second kappa shape index (κ2) is 8.40. The van der Waals surface area contributed by atoms with Gasteiger partial charge in [-0.15, -0.1) is 0 Å². The summed E-state index contributed by atoms with van der Waals surface area (Å²) in [5.41, 5.74) is 1.68. The Kier molecular flexibility index (Phi) is 5.72. The highest BCUT2D eigenvalue weighted by molar-refractivity contribution is 14.1. The van der Waals surface area contributed by atoms with Gasteiger partial charge in [-0.1, -0.05) is 35.5 Å². The number of benzene rings is 2. The van der Waals surface area contributed by atoms with E-state index < -0.39 is 0 Å². The summed E-state index contributed by atoms with van der Waals surface area (Å²) >= 11 is 2.24. The molecule has 1 amide bonds. The van der Waals surface area contributed by atoms with Gasteiger partial charge in [0.1, 0.15) is 0 Å². The average molecular weight is 488 g/mol. The SMILES string of the molecule is CC(c1nc(-c2ccccc2)no1)N1CCN(C(=O)c2ccc(I)cc2)CC1. The molecule has 1 saturated heterocycles. The number of hydrogen-bond acceptors (Lipinski definition) is 5. The molecule has 1 unspecified atom stereocenters. The molecule has 1 fully saturated rings. The fourth-order valence-electron chi connectivity index (χ4n) is 3.35. The number of rotatable bonds is 4. The number of halogens is 1. The van der Waals surface area contributed by atoms with Gasteiger partial charge in [0, 0.05) is 40.9 Å². The highest BCUT2D eigenvalue weighted by Crippen LogP contribution is 2.23. The number of carbonyl (C=O) groups excluding carboxylic acids is 1. The lowest BCUT2D eigenvalue weighted by Gasteiger charge is -2.36. The lowest BCUT2D eigenvalue weighted by atomic mass is 10.1. The molecule has 28 heavy (non-hydrogen) atoms. The molecule has 7 heteroatoms. The zero-order valence-electron chi connectivity index (χ0n) is 15.6. The molecule has 144 valence electrons. The van der Waals surface area contributed by atoms with Crippen LogP contribution in [0.25, 0.3) is 11.4 Å². The summed E-state index contributed by atoms with van der Waals surface area (Å²) in [6.45, 7) is 5.00. The van der Waals surface area contributed by atoms with E-state index in [9.17, 15) is 4.79 Å². The predicted octanol–water partition coefficient (Wildman–Crippen LogP) is 3.86. The van der Waals surface area contributed by atoms with Crippen LogP contribution in [0.15, 0.2) is 59.1 Å². The maximum atomic E-state index is 12.7. The number of amides is 1. The van der Waals surface area contributed by atoms with Gasteiger partial charge in [0.2, 0.25) is 11.7 Å². The monoisotopic (exact) mass is 488 g/mol. The summed E-state index contributed by atoms with van der Waals surface area (Å²) in [5.74, 6) is 1.30. The van der Waals surface area contributed by atoms with Crippen molar-refractivity contribution in [2.75, 3.05) is 26.2 Å². The lowest BCUT2D eigenvalue weighted by molar-refractivity contribution is 0.0551. The minimum absolute atomic E-state index is 0.0144. The molecular formula is C21H21IN4O2. The number of nitrogens with zero attached hydrogens (tertiary/aromatic N) is 4. The molecule has 0 radical (unpaired) electrons. The molecule has 0 aliphatic carbocycles.